The van der Waals surface area contributed by atoms with Crippen LogP contribution in [0.2, 0.25) is 0 Å². The molecule has 110 valence electrons. The first-order valence-electron chi connectivity index (χ1n) is 7.13. The van der Waals surface area contributed by atoms with Crippen LogP contribution in [0.3, 0.4) is 0 Å². The zero-order valence-electron chi connectivity index (χ0n) is 12.0. The summed E-state index contributed by atoms with van der Waals surface area (Å²) in [6.07, 6.45) is 3.35. The van der Waals surface area contributed by atoms with Crippen molar-refractivity contribution in [3.8, 4) is 0 Å². The summed E-state index contributed by atoms with van der Waals surface area (Å²) < 4.78 is 0. The molecule has 0 unspecified atom stereocenters. The number of rotatable bonds is 4. The molecule has 0 saturated carbocycles. The zero-order valence-corrected chi connectivity index (χ0v) is 12.0. The molecule has 0 atom stereocenters. The Kier molecular flexibility index (Phi) is 4.12. The van der Waals surface area contributed by atoms with Crippen molar-refractivity contribution in [2.45, 2.75) is 12.8 Å². The van der Waals surface area contributed by atoms with Crippen LogP contribution < -0.4 is 5.48 Å². The van der Waals surface area contributed by atoms with E-state index < -0.39 is 5.91 Å². The van der Waals surface area contributed by atoms with Crippen molar-refractivity contribution in [1.82, 2.24) is 10.5 Å². The van der Waals surface area contributed by atoms with Crippen molar-refractivity contribution >= 4 is 16.8 Å². The van der Waals surface area contributed by atoms with Crippen molar-refractivity contribution in [1.29, 1.82) is 0 Å². The minimum Gasteiger partial charge on any atom is -0.288 e. The largest absolute Gasteiger partial charge is 0.288 e. The van der Waals surface area contributed by atoms with Gasteiger partial charge in [0.15, 0.2) is 0 Å². The molecular formula is C18H16N2O2. The molecule has 0 fully saturated rings. The van der Waals surface area contributed by atoms with Crippen LogP contribution >= 0.6 is 0 Å². The first-order valence-corrected chi connectivity index (χ1v) is 7.13. The van der Waals surface area contributed by atoms with Crippen LogP contribution in [-0.2, 0) is 12.8 Å². The van der Waals surface area contributed by atoms with Gasteiger partial charge in [-0.3, -0.25) is 15.0 Å². The molecule has 4 nitrogen and oxygen atoms in total. The first kappa shape index (κ1) is 14.2. The fourth-order valence-electron chi connectivity index (χ4n) is 2.46. The Labute approximate surface area is 128 Å². The molecule has 1 aromatic heterocycles. The third-order valence-electron chi connectivity index (χ3n) is 3.65. The normalized spacial score (nSPS) is 10.6. The maximum atomic E-state index is 11.5. The van der Waals surface area contributed by atoms with Crippen LogP contribution in [0.25, 0.3) is 10.9 Å². The standard InChI is InChI=1S/C18H16N2O2/c21-18(20-22)16-11-15-10-14(8-9-17(15)19-12-16)7-6-13-4-2-1-3-5-13/h1-5,8-12,22H,6-7H2,(H,20,21). The molecule has 3 aromatic rings. The number of nitrogens with one attached hydrogen (secondary N) is 1. The van der Waals surface area contributed by atoms with Gasteiger partial charge in [0.1, 0.15) is 0 Å². The minimum atomic E-state index is -0.552. The molecule has 0 aliphatic carbocycles. The molecule has 0 spiro atoms. The van der Waals surface area contributed by atoms with Crippen molar-refractivity contribution in [3.05, 3.63) is 77.5 Å². The second kappa shape index (κ2) is 6.37. The highest BCUT2D eigenvalue weighted by atomic mass is 16.5. The van der Waals surface area contributed by atoms with E-state index in [1.165, 1.54) is 17.3 Å². The smallest absolute Gasteiger partial charge is 0.276 e. The van der Waals surface area contributed by atoms with Crippen molar-refractivity contribution in [2.24, 2.45) is 0 Å². The Balaban J connectivity index is 1.83. The van der Waals surface area contributed by atoms with Gasteiger partial charge in [-0.1, -0.05) is 36.4 Å². The lowest BCUT2D eigenvalue weighted by molar-refractivity contribution is 0.0706. The third-order valence-corrected chi connectivity index (χ3v) is 3.65. The third kappa shape index (κ3) is 3.13. The van der Waals surface area contributed by atoms with E-state index in [1.54, 1.807) is 11.5 Å². The summed E-state index contributed by atoms with van der Waals surface area (Å²) in [7, 11) is 0. The number of hydrogen-bond acceptors (Lipinski definition) is 3. The van der Waals surface area contributed by atoms with Crippen molar-refractivity contribution in [3.63, 3.8) is 0 Å². The quantitative estimate of drug-likeness (QED) is 0.573. The van der Waals surface area contributed by atoms with E-state index in [9.17, 15) is 4.79 Å². The van der Waals surface area contributed by atoms with Crippen LogP contribution in [0.4, 0.5) is 0 Å². The molecule has 2 aromatic carbocycles. The van der Waals surface area contributed by atoms with Gasteiger partial charge in [0.2, 0.25) is 0 Å². The van der Waals surface area contributed by atoms with Gasteiger partial charge < -0.3 is 0 Å². The number of hydrogen-bond donors (Lipinski definition) is 2. The van der Waals surface area contributed by atoms with Gasteiger partial charge in [-0.25, -0.2) is 5.48 Å². The fourth-order valence-corrected chi connectivity index (χ4v) is 2.46. The maximum Gasteiger partial charge on any atom is 0.276 e. The number of benzene rings is 2. The van der Waals surface area contributed by atoms with E-state index in [4.69, 9.17) is 5.21 Å². The number of pyridine rings is 1. The molecule has 0 radical (unpaired) electrons. The zero-order chi connectivity index (χ0) is 15.4. The molecule has 22 heavy (non-hydrogen) atoms. The summed E-state index contributed by atoms with van der Waals surface area (Å²) in [6.45, 7) is 0. The van der Waals surface area contributed by atoms with Gasteiger partial charge in [-0.2, -0.15) is 0 Å². The number of carbonyl (C=O) groups excluding carboxylic acids is 1. The van der Waals surface area contributed by atoms with Gasteiger partial charge in [-0.15, -0.1) is 0 Å². The summed E-state index contributed by atoms with van der Waals surface area (Å²) in [5.41, 5.74) is 5.30. The Morgan fingerprint density at radius 2 is 1.77 bits per heavy atom. The number of fused-ring (bicyclic) bond motifs is 1. The number of hydroxylamine groups is 1. The first-order chi connectivity index (χ1) is 10.8. The van der Waals surface area contributed by atoms with Gasteiger partial charge in [0, 0.05) is 11.6 Å². The van der Waals surface area contributed by atoms with Crippen LogP contribution in [0, 0.1) is 0 Å². The number of carbonyl (C=O) groups is 1. The highest BCUT2D eigenvalue weighted by Crippen LogP contribution is 2.17. The van der Waals surface area contributed by atoms with Gasteiger partial charge in [0.05, 0.1) is 11.1 Å². The van der Waals surface area contributed by atoms with Crippen LogP contribution in [0.15, 0.2) is 60.8 Å². The minimum absolute atomic E-state index is 0.343. The number of amides is 1. The molecule has 1 heterocycles. The van der Waals surface area contributed by atoms with Gasteiger partial charge in [-0.05, 0) is 42.2 Å². The van der Waals surface area contributed by atoms with Gasteiger partial charge in [0.25, 0.3) is 5.91 Å². The Hall–Kier alpha value is -2.72. The van der Waals surface area contributed by atoms with Crippen LogP contribution in [0.1, 0.15) is 21.5 Å². The summed E-state index contributed by atoms with van der Waals surface area (Å²) in [5.74, 6) is -0.552. The summed E-state index contributed by atoms with van der Waals surface area (Å²) >= 11 is 0. The predicted octanol–water partition coefficient (Wildman–Crippen LogP) is 3.14. The molecule has 0 aliphatic heterocycles. The van der Waals surface area contributed by atoms with E-state index in [2.05, 4.69) is 23.2 Å². The molecule has 0 aliphatic rings. The lowest BCUT2D eigenvalue weighted by Crippen LogP contribution is -2.18. The molecule has 0 saturated heterocycles. The van der Waals surface area contributed by atoms with E-state index in [1.807, 2.05) is 30.3 Å². The maximum absolute atomic E-state index is 11.5. The SMILES string of the molecule is O=C(NO)c1cnc2ccc(CCc3ccccc3)cc2c1. The molecule has 4 heteroatoms. The Morgan fingerprint density at radius 3 is 2.55 bits per heavy atom. The summed E-state index contributed by atoms with van der Waals surface area (Å²) in [5, 5.41) is 9.59. The summed E-state index contributed by atoms with van der Waals surface area (Å²) in [6, 6.07) is 18.1. The average molecular weight is 292 g/mol. The van der Waals surface area contributed by atoms with E-state index in [0.29, 0.717) is 5.56 Å². The molecule has 3 rings (SSSR count). The Morgan fingerprint density at radius 1 is 1.00 bits per heavy atom. The second-order valence-electron chi connectivity index (χ2n) is 5.18. The van der Waals surface area contributed by atoms with E-state index >= 15 is 0 Å². The monoisotopic (exact) mass is 292 g/mol. The summed E-state index contributed by atoms with van der Waals surface area (Å²) in [4.78, 5) is 15.7. The highest BCUT2D eigenvalue weighted by molar-refractivity contribution is 5.96. The average Bonchev–Trinajstić information content (AvgIpc) is 2.59. The van der Waals surface area contributed by atoms with E-state index in [-0.39, 0.29) is 0 Å². The van der Waals surface area contributed by atoms with Crippen LogP contribution in [0.5, 0.6) is 0 Å². The van der Waals surface area contributed by atoms with Gasteiger partial charge >= 0.3 is 0 Å². The van der Waals surface area contributed by atoms with E-state index in [0.717, 1.165) is 23.7 Å². The van der Waals surface area contributed by atoms with Crippen molar-refractivity contribution in [2.75, 3.05) is 0 Å². The van der Waals surface area contributed by atoms with Crippen molar-refractivity contribution < 1.29 is 10.0 Å². The fraction of sp³-hybridized carbons (Fsp3) is 0.111. The predicted molar refractivity (Wildman–Crippen MR) is 84.8 cm³/mol. The molecule has 2 N–H and O–H groups in total. The van der Waals surface area contributed by atoms with Crippen LogP contribution in [-0.4, -0.2) is 16.1 Å². The topological polar surface area (TPSA) is 62.2 Å². The number of aromatic nitrogens is 1. The second-order valence-corrected chi connectivity index (χ2v) is 5.18. The molecular weight excluding hydrogens is 276 g/mol. The molecule has 0 bridgehead atoms. The number of aryl methyl sites for hydroxylation is 2. The Bertz CT molecular complexity index is 801. The lowest BCUT2D eigenvalue weighted by Gasteiger charge is -2.05. The molecule has 1 amide bonds. The number of nitrogens with zero attached hydrogens (tertiary/aromatic N) is 1. The highest BCUT2D eigenvalue weighted by Gasteiger charge is 2.06. The lowest BCUT2D eigenvalue weighted by atomic mass is 10.0.